The quantitative estimate of drug-likeness (QED) is 0.876. The highest BCUT2D eigenvalue weighted by atomic mass is 15.1. The van der Waals surface area contributed by atoms with Crippen LogP contribution < -0.4 is 5.73 Å². The zero-order valence-electron chi connectivity index (χ0n) is 13.6. The zero-order chi connectivity index (χ0) is 14.7. The molecule has 3 heteroatoms. The third kappa shape index (κ3) is 3.27. The molecule has 2 aliphatic rings. The summed E-state index contributed by atoms with van der Waals surface area (Å²) in [5, 5.41) is 0. The third-order valence-electron chi connectivity index (χ3n) is 5.61. The van der Waals surface area contributed by atoms with Crippen LogP contribution in [0.4, 0.5) is 5.82 Å². The monoisotopic (exact) mass is 289 g/mol. The van der Waals surface area contributed by atoms with Crippen molar-refractivity contribution in [3.05, 3.63) is 11.5 Å². The lowest BCUT2D eigenvalue weighted by atomic mass is 9.86. The van der Waals surface area contributed by atoms with Gasteiger partial charge in [-0.15, -0.1) is 0 Å². The van der Waals surface area contributed by atoms with Crippen molar-refractivity contribution < 1.29 is 0 Å². The topological polar surface area (TPSA) is 43.8 Å². The third-order valence-corrected chi connectivity index (χ3v) is 5.61. The zero-order valence-corrected chi connectivity index (χ0v) is 13.6. The number of nitrogen functional groups attached to an aromatic ring is 1. The van der Waals surface area contributed by atoms with Crippen LogP contribution in [0, 0.1) is 5.92 Å². The Labute approximate surface area is 129 Å². The van der Waals surface area contributed by atoms with Crippen molar-refractivity contribution in [1.29, 1.82) is 0 Å². The van der Waals surface area contributed by atoms with E-state index in [0.29, 0.717) is 5.92 Å². The molecule has 3 rings (SSSR count). The Morgan fingerprint density at radius 2 is 1.62 bits per heavy atom. The van der Waals surface area contributed by atoms with Crippen LogP contribution in [0.15, 0.2) is 0 Å². The molecule has 0 unspecified atom stereocenters. The van der Waals surface area contributed by atoms with Crippen molar-refractivity contribution >= 4 is 5.82 Å². The smallest absolute Gasteiger partial charge is 0.126 e. The summed E-state index contributed by atoms with van der Waals surface area (Å²) in [5.74, 6) is 3.73. The molecule has 1 heterocycles. The second kappa shape index (κ2) is 6.85. The molecule has 0 atom stereocenters. The van der Waals surface area contributed by atoms with Crippen molar-refractivity contribution in [3.8, 4) is 0 Å². The van der Waals surface area contributed by atoms with E-state index in [4.69, 9.17) is 10.7 Å². The van der Waals surface area contributed by atoms with Gasteiger partial charge in [0.25, 0.3) is 0 Å². The summed E-state index contributed by atoms with van der Waals surface area (Å²) in [6.07, 6.45) is 14.8. The Hall–Kier alpha value is -0.990. The summed E-state index contributed by atoms with van der Waals surface area (Å²) >= 11 is 0. The molecule has 0 spiro atoms. The van der Waals surface area contributed by atoms with E-state index in [1.54, 1.807) is 0 Å². The second-order valence-corrected chi connectivity index (χ2v) is 7.09. The van der Waals surface area contributed by atoms with E-state index < -0.39 is 0 Å². The molecule has 0 bridgehead atoms. The molecule has 0 amide bonds. The van der Waals surface area contributed by atoms with Crippen LogP contribution in [-0.2, 0) is 13.0 Å². The summed E-state index contributed by atoms with van der Waals surface area (Å²) in [7, 11) is 0. The van der Waals surface area contributed by atoms with Crippen molar-refractivity contribution in [3.63, 3.8) is 0 Å². The van der Waals surface area contributed by atoms with E-state index >= 15 is 0 Å². The van der Waals surface area contributed by atoms with Crippen molar-refractivity contribution in [2.24, 2.45) is 5.92 Å². The van der Waals surface area contributed by atoms with Crippen molar-refractivity contribution in [2.45, 2.75) is 90.0 Å². The maximum Gasteiger partial charge on any atom is 0.126 e. The normalized spacial score (nSPS) is 21.8. The highest BCUT2D eigenvalue weighted by Crippen LogP contribution is 2.35. The van der Waals surface area contributed by atoms with Gasteiger partial charge in [0, 0.05) is 12.5 Å². The fourth-order valence-electron chi connectivity index (χ4n) is 4.35. The van der Waals surface area contributed by atoms with Gasteiger partial charge in [-0.3, -0.25) is 0 Å². The molecular formula is C18H31N3. The molecule has 2 saturated carbocycles. The number of nitrogens with two attached hydrogens (primary N) is 1. The van der Waals surface area contributed by atoms with Gasteiger partial charge in [-0.1, -0.05) is 51.4 Å². The molecule has 2 N–H and O–H groups in total. The number of hydrogen-bond acceptors (Lipinski definition) is 2. The summed E-state index contributed by atoms with van der Waals surface area (Å²) in [6.45, 7) is 3.17. The van der Waals surface area contributed by atoms with Gasteiger partial charge in [-0.05, 0) is 32.1 Å². The number of imidazole rings is 1. The molecule has 2 aliphatic carbocycles. The SMILES string of the molecule is CCn1c(C2CCCCC2)nc(CC2CCCCC2)c1N. The lowest BCUT2D eigenvalue weighted by Crippen LogP contribution is -2.13. The molecule has 1 aromatic rings. The van der Waals surface area contributed by atoms with E-state index in [1.807, 2.05) is 0 Å². The molecule has 118 valence electrons. The van der Waals surface area contributed by atoms with E-state index in [1.165, 1.54) is 75.7 Å². The standard InChI is InChI=1S/C18H31N3/c1-2-21-17(19)16(13-14-9-5-3-6-10-14)20-18(21)15-11-7-4-8-12-15/h14-15H,2-13,19H2,1H3. The van der Waals surface area contributed by atoms with E-state index in [2.05, 4.69) is 11.5 Å². The number of anilines is 1. The predicted octanol–water partition coefficient (Wildman–Crippen LogP) is 4.66. The van der Waals surface area contributed by atoms with Crippen LogP contribution in [0.1, 0.15) is 88.6 Å². The van der Waals surface area contributed by atoms with Crippen LogP contribution in [-0.4, -0.2) is 9.55 Å². The van der Waals surface area contributed by atoms with E-state index in [9.17, 15) is 0 Å². The first-order valence-electron chi connectivity index (χ1n) is 9.14. The summed E-state index contributed by atoms with van der Waals surface area (Å²) in [5.41, 5.74) is 7.64. The number of aromatic nitrogens is 2. The molecule has 0 aromatic carbocycles. The Morgan fingerprint density at radius 3 is 2.24 bits per heavy atom. The number of nitrogens with zero attached hydrogens (tertiary/aromatic N) is 2. The minimum absolute atomic E-state index is 0.654. The minimum Gasteiger partial charge on any atom is -0.384 e. The maximum absolute atomic E-state index is 6.44. The summed E-state index contributed by atoms with van der Waals surface area (Å²) in [4.78, 5) is 5.04. The van der Waals surface area contributed by atoms with Gasteiger partial charge in [0.05, 0.1) is 5.69 Å². The average Bonchev–Trinajstić information content (AvgIpc) is 2.85. The Kier molecular flexibility index (Phi) is 4.87. The van der Waals surface area contributed by atoms with Gasteiger partial charge in [-0.25, -0.2) is 4.98 Å². The Balaban J connectivity index is 1.78. The largest absolute Gasteiger partial charge is 0.384 e. The summed E-state index contributed by atoms with van der Waals surface area (Å²) < 4.78 is 2.30. The van der Waals surface area contributed by atoms with Gasteiger partial charge in [0.1, 0.15) is 11.6 Å². The first-order chi connectivity index (χ1) is 10.3. The van der Waals surface area contributed by atoms with Crippen molar-refractivity contribution in [2.75, 3.05) is 5.73 Å². The fourth-order valence-corrected chi connectivity index (χ4v) is 4.35. The first-order valence-corrected chi connectivity index (χ1v) is 9.14. The minimum atomic E-state index is 0.654. The molecule has 2 fully saturated rings. The van der Waals surface area contributed by atoms with Crippen LogP contribution in [0.5, 0.6) is 0 Å². The highest BCUT2D eigenvalue weighted by molar-refractivity contribution is 5.39. The van der Waals surface area contributed by atoms with Crippen LogP contribution >= 0.6 is 0 Å². The lowest BCUT2D eigenvalue weighted by molar-refractivity contribution is 0.354. The molecule has 0 saturated heterocycles. The predicted molar refractivity (Wildman–Crippen MR) is 88.4 cm³/mol. The van der Waals surface area contributed by atoms with Crippen LogP contribution in [0.2, 0.25) is 0 Å². The van der Waals surface area contributed by atoms with E-state index in [-0.39, 0.29) is 0 Å². The lowest BCUT2D eigenvalue weighted by Gasteiger charge is -2.21. The first kappa shape index (κ1) is 14.9. The fraction of sp³-hybridized carbons (Fsp3) is 0.833. The average molecular weight is 289 g/mol. The molecule has 21 heavy (non-hydrogen) atoms. The maximum atomic E-state index is 6.44. The van der Waals surface area contributed by atoms with Crippen LogP contribution in [0.25, 0.3) is 0 Å². The highest BCUT2D eigenvalue weighted by Gasteiger charge is 2.25. The molecule has 0 radical (unpaired) electrons. The van der Waals surface area contributed by atoms with Gasteiger partial charge in [0.2, 0.25) is 0 Å². The molecule has 1 aromatic heterocycles. The van der Waals surface area contributed by atoms with Crippen LogP contribution in [0.3, 0.4) is 0 Å². The van der Waals surface area contributed by atoms with Gasteiger partial charge in [0.15, 0.2) is 0 Å². The molecular weight excluding hydrogens is 258 g/mol. The number of rotatable bonds is 4. The van der Waals surface area contributed by atoms with Gasteiger partial charge < -0.3 is 10.3 Å². The molecule has 0 aliphatic heterocycles. The second-order valence-electron chi connectivity index (χ2n) is 7.09. The Bertz CT molecular complexity index is 451. The summed E-state index contributed by atoms with van der Waals surface area (Å²) in [6, 6.07) is 0. The van der Waals surface area contributed by atoms with Crippen molar-refractivity contribution in [1.82, 2.24) is 9.55 Å². The van der Waals surface area contributed by atoms with Gasteiger partial charge >= 0.3 is 0 Å². The van der Waals surface area contributed by atoms with E-state index in [0.717, 1.165) is 24.7 Å². The van der Waals surface area contributed by atoms with Gasteiger partial charge in [-0.2, -0.15) is 0 Å². The Morgan fingerprint density at radius 1 is 1.00 bits per heavy atom. The number of hydrogen-bond donors (Lipinski definition) is 1. The molecule has 3 nitrogen and oxygen atoms in total.